The lowest BCUT2D eigenvalue weighted by molar-refractivity contribution is -0.136. The van der Waals surface area contributed by atoms with Crippen LogP contribution >= 0.6 is 0 Å². The van der Waals surface area contributed by atoms with Crippen LogP contribution in [0.2, 0.25) is 0 Å². The van der Waals surface area contributed by atoms with Crippen LogP contribution in [0.25, 0.3) is 0 Å². The molecule has 0 saturated heterocycles. The monoisotopic (exact) mass is 434 g/mol. The first kappa shape index (κ1) is 22.7. The zero-order valence-corrected chi connectivity index (χ0v) is 17.9. The zero-order valence-electron chi connectivity index (χ0n) is 17.9. The maximum absolute atomic E-state index is 13.3. The molecule has 1 aliphatic carbocycles. The number of nitrogens with one attached hydrogen (secondary N) is 2. The minimum atomic E-state index is -1.12. The van der Waals surface area contributed by atoms with Gasteiger partial charge in [0.1, 0.15) is 12.4 Å². The average Bonchev–Trinajstić information content (AvgIpc) is 3.26. The maximum Gasteiger partial charge on any atom is 0.323 e. The highest BCUT2D eigenvalue weighted by molar-refractivity contribution is 6.13. The van der Waals surface area contributed by atoms with Crippen LogP contribution < -0.4 is 16.0 Å². The average molecular weight is 434 g/mol. The minimum absolute atomic E-state index is 0.0283. The smallest absolute Gasteiger partial charge is 0.323 e. The van der Waals surface area contributed by atoms with E-state index in [2.05, 4.69) is 5.32 Å². The molecule has 0 radical (unpaired) electrons. The molecule has 8 heteroatoms. The zero-order chi connectivity index (χ0) is 23.3. The second-order valence-corrected chi connectivity index (χ2v) is 7.68. The van der Waals surface area contributed by atoms with Crippen LogP contribution in [-0.4, -0.2) is 35.3 Å². The van der Waals surface area contributed by atoms with E-state index in [0.29, 0.717) is 41.7 Å². The number of carboxylic acid groups (broad SMARTS) is 1. The SMILES string of the molecule is Cc1ccccc1N(CC(=O)O)C(=O)C1=C(C(=O)NCc2ccc(C(=N)N)cc2)CCC1. The Morgan fingerprint density at radius 2 is 1.72 bits per heavy atom. The third-order valence-electron chi connectivity index (χ3n) is 5.41. The van der Waals surface area contributed by atoms with E-state index >= 15 is 0 Å². The topological polar surface area (TPSA) is 137 Å². The van der Waals surface area contributed by atoms with Crippen LogP contribution in [0.15, 0.2) is 59.7 Å². The number of amidine groups is 1. The highest BCUT2D eigenvalue weighted by atomic mass is 16.4. The van der Waals surface area contributed by atoms with E-state index in [1.807, 2.05) is 19.1 Å². The highest BCUT2D eigenvalue weighted by Crippen LogP contribution is 2.30. The lowest BCUT2D eigenvalue weighted by atomic mass is 10.1. The lowest BCUT2D eigenvalue weighted by Gasteiger charge is -2.24. The molecule has 0 saturated carbocycles. The fraction of sp³-hybridized carbons (Fsp3) is 0.250. The number of benzene rings is 2. The second-order valence-electron chi connectivity index (χ2n) is 7.68. The van der Waals surface area contributed by atoms with E-state index in [-0.39, 0.29) is 18.3 Å². The molecule has 0 spiro atoms. The second kappa shape index (κ2) is 9.91. The number of nitrogens with two attached hydrogens (primary N) is 1. The van der Waals surface area contributed by atoms with Gasteiger partial charge in [0.25, 0.3) is 5.91 Å². The van der Waals surface area contributed by atoms with Crippen LogP contribution in [0.4, 0.5) is 5.69 Å². The molecular weight excluding hydrogens is 408 g/mol. The van der Waals surface area contributed by atoms with Gasteiger partial charge < -0.3 is 16.2 Å². The fourth-order valence-electron chi connectivity index (χ4n) is 3.75. The van der Waals surface area contributed by atoms with Crippen molar-refractivity contribution in [1.29, 1.82) is 5.41 Å². The number of aliphatic carboxylic acids is 1. The van der Waals surface area contributed by atoms with Crippen LogP contribution in [0.3, 0.4) is 0 Å². The van der Waals surface area contributed by atoms with Crippen molar-refractivity contribution in [3.63, 3.8) is 0 Å². The van der Waals surface area contributed by atoms with Crippen LogP contribution in [0, 0.1) is 12.3 Å². The molecule has 5 N–H and O–H groups in total. The molecule has 2 aromatic rings. The van der Waals surface area contributed by atoms with Gasteiger partial charge in [0.2, 0.25) is 5.91 Å². The van der Waals surface area contributed by atoms with Gasteiger partial charge in [0.15, 0.2) is 0 Å². The Hall–Kier alpha value is -3.94. The largest absolute Gasteiger partial charge is 0.480 e. The van der Waals surface area contributed by atoms with E-state index in [1.165, 1.54) is 4.90 Å². The number of nitrogens with zero attached hydrogens (tertiary/aromatic N) is 1. The normalized spacial score (nSPS) is 13.0. The van der Waals surface area contributed by atoms with Gasteiger partial charge in [-0.2, -0.15) is 0 Å². The molecule has 166 valence electrons. The van der Waals surface area contributed by atoms with Crippen molar-refractivity contribution in [2.45, 2.75) is 32.7 Å². The number of para-hydroxylation sites is 1. The summed E-state index contributed by atoms with van der Waals surface area (Å²) in [6, 6.07) is 14.1. The molecule has 1 aliphatic rings. The van der Waals surface area contributed by atoms with Gasteiger partial charge in [0.05, 0.1) is 0 Å². The first-order chi connectivity index (χ1) is 15.3. The fourth-order valence-corrected chi connectivity index (χ4v) is 3.75. The third kappa shape index (κ3) is 5.21. The number of nitrogen functional groups attached to an aromatic ring is 1. The molecule has 0 heterocycles. The molecular formula is C24H26N4O4. The molecule has 0 aromatic heterocycles. The summed E-state index contributed by atoms with van der Waals surface area (Å²) in [5.74, 6) is -1.93. The summed E-state index contributed by atoms with van der Waals surface area (Å²) < 4.78 is 0. The van der Waals surface area contributed by atoms with E-state index in [9.17, 15) is 19.5 Å². The van der Waals surface area contributed by atoms with E-state index in [1.54, 1.807) is 36.4 Å². The van der Waals surface area contributed by atoms with Crippen molar-refractivity contribution < 1.29 is 19.5 Å². The Bertz CT molecular complexity index is 1090. The number of carbonyl (C=O) groups is 3. The Balaban J connectivity index is 1.79. The molecule has 3 rings (SSSR count). The van der Waals surface area contributed by atoms with Crippen LogP contribution in [0.5, 0.6) is 0 Å². The number of rotatable bonds is 8. The van der Waals surface area contributed by atoms with Crippen LogP contribution in [0.1, 0.15) is 36.0 Å². The summed E-state index contributed by atoms with van der Waals surface area (Å²) in [6.45, 7) is 1.59. The van der Waals surface area contributed by atoms with E-state index in [4.69, 9.17) is 11.1 Å². The van der Waals surface area contributed by atoms with E-state index < -0.39 is 18.4 Å². The molecule has 0 atom stereocenters. The predicted octanol–water partition coefficient (Wildman–Crippen LogP) is 2.49. The molecule has 0 aliphatic heterocycles. The van der Waals surface area contributed by atoms with Gasteiger partial charge in [-0.05, 0) is 43.4 Å². The number of hydrogen-bond donors (Lipinski definition) is 4. The summed E-state index contributed by atoms with van der Waals surface area (Å²) >= 11 is 0. The molecule has 2 amide bonds. The number of anilines is 1. The highest BCUT2D eigenvalue weighted by Gasteiger charge is 2.30. The predicted molar refractivity (Wildman–Crippen MR) is 121 cm³/mol. The summed E-state index contributed by atoms with van der Waals surface area (Å²) in [5, 5.41) is 19.6. The first-order valence-electron chi connectivity index (χ1n) is 10.3. The van der Waals surface area contributed by atoms with Gasteiger partial charge in [-0.3, -0.25) is 24.7 Å². The van der Waals surface area contributed by atoms with Gasteiger partial charge in [-0.1, -0.05) is 42.5 Å². The number of amides is 2. The molecule has 0 unspecified atom stereocenters. The summed E-state index contributed by atoms with van der Waals surface area (Å²) in [5.41, 5.74) is 8.95. The van der Waals surface area contributed by atoms with Crippen molar-refractivity contribution in [3.05, 3.63) is 76.4 Å². The molecule has 0 fully saturated rings. The van der Waals surface area contributed by atoms with Crippen molar-refractivity contribution in [1.82, 2.24) is 5.32 Å². The number of aryl methyl sites for hydroxylation is 1. The van der Waals surface area contributed by atoms with E-state index in [0.717, 1.165) is 11.1 Å². The van der Waals surface area contributed by atoms with Crippen molar-refractivity contribution >= 4 is 29.3 Å². The third-order valence-corrected chi connectivity index (χ3v) is 5.41. The Labute approximate surface area is 186 Å². The summed E-state index contributed by atoms with van der Waals surface area (Å²) in [4.78, 5) is 38.8. The van der Waals surface area contributed by atoms with Gasteiger partial charge in [0, 0.05) is 28.9 Å². The molecule has 32 heavy (non-hydrogen) atoms. The molecule has 2 aromatic carbocycles. The number of carbonyl (C=O) groups excluding carboxylic acids is 2. The summed E-state index contributed by atoms with van der Waals surface area (Å²) in [6.07, 6.45) is 1.55. The maximum atomic E-state index is 13.3. The summed E-state index contributed by atoms with van der Waals surface area (Å²) in [7, 11) is 0. The lowest BCUT2D eigenvalue weighted by Crippen LogP contribution is -2.38. The van der Waals surface area contributed by atoms with Crippen molar-refractivity contribution in [2.24, 2.45) is 5.73 Å². The Kier molecular flexibility index (Phi) is 7.04. The molecule has 8 nitrogen and oxygen atoms in total. The minimum Gasteiger partial charge on any atom is -0.480 e. The number of hydrogen-bond acceptors (Lipinski definition) is 4. The Morgan fingerprint density at radius 1 is 1.06 bits per heavy atom. The Morgan fingerprint density at radius 3 is 2.34 bits per heavy atom. The van der Waals surface area contributed by atoms with Crippen molar-refractivity contribution in [2.75, 3.05) is 11.4 Å². The number of carboxylic acids is 1. The van der Waals surface area contributed by atoms with Crippen LogP contribution in [-0.2, 0) is 20.9 Å². The quantitative estimate of drug-likeness (QED) is 0.374. The van der Waals surface area contributed by atoms with Gasteiger partial charge in [-0.25, -0.2) is 0 Å². The first-order valence-corrected chi connectivity index (χ1v) is 10.3. The van der Waals surface area contributed by atoms with Gasteiger partial charge in [-0.15, -0.1) is 0 Å². The molecule has 0 bridgehead atoms. The van der Waals surface area contributed by atoms with Crippen molar-refractivity contribution in [3.8, 4) is 0 Å². The standard InChI is InChI=1S/C24H26N4O4/c1-15-5-2-3-8-20(15)28(14-21(29)30)24(32)19-7-4-6-18(19)23(31)27-13-16-9-11-17(12-10-16)22(25)26/h2-3,5,8-12H,4,6-7,13-14H2,1H3,(H3,25,26)(H,27,31)(H,29,30). The van der Waals surface area contributed by atoms with Gasteiger partial charge >= 0.3 is 5.97 Å².